The van der Waals surface area contributed by atoms with Crippen molar-refractivity contribution in [1.29, 1.82) is 0 Å². The molecule has 26 heavy (non-hydrogen) atoms. The van der Waals surface area contributed by atoms with E-state index >= 15 is 0 Å². The highest BCUT2D eigenvalue weighted by Crippen LogP contribution is 2.40. The molecule has 0 amide bonds. The van der Waals surface area contributed by atoms with E-state index in [-0.39, 0.29) is 28.9 Å². The van der Waals surface area contributed by atoms with Gasteiger partial charge in [-0.25, -0.2) is 13.1 Å². The zero-order valence-electron chi connectivity index (χ0n) is 15.8. The van der Waals surface area contributed by atoms with E-state index in [1.807, 2.05) is 12.1 Å². The molecule has 0 unspecified atom stereocenters. The Morgan fingerprint density at radius 1 is 1.15 bits per heavy atom. The Bertz CT molecular complexity index is 684. The van der Waals surface area contributed by atoms with Crippen LogP contribution in [0.2, 0.25) is 0 Å². The second kappa shape index (κ2) is 10.5. The Hall–Kier alpha value is -0.870. The summed E-state index contributed by atoms with van der Waals surface area (Å²) in [6.45, 7) is 3.81. The van der Waals surface area contributed by atoms with Crippen LogP contribution in [-0.2, 0) is 16.6 Å². The average Bonchev–Trinajstić information content (AvgIpc) is 3.11. The van der Waals surface area contributed by atoms with E-state index in [0.29, 0.717) is 12.0 Å². The van der Waals surface area contributed by atoms with E-state index in [1.54, 1.807) is 19.2 Å². The summed E-state index contributed by atoms with van der Waals surface area (Å²) in [4.78, 5) is 4.56. The van der Waals surface area contributed by atoms with Crippen molar-refractivity contribution >= 4 is 40.0 Å². The van der Waals surface area contributed by atoms with Gasteiger partial charge in [-0.3, -0.25) is 4.99 Å². The minimum absolute atomic E-state index is 0. The zero-order valence-corrected chi connectivity index (χ0v) is 19.0. The Labute approximate surface area is 174 Å². The Kier molecular flexibility index (Phi) is 9.32. The number of nitrogens with zero attached hydrogens (tertiary/aromatic N) is 1. The standard InChI is InChI=1S/C18H30N4O2S.HI/c1-4-18(11-5-6-12-18)14-22-17(19-2)21-13-15-7-9-16(10-8-15)25(23,24)20-3;/h7-10,20H,4-6,11-14H2,1-3H3,(H2,19,21,22);1H. The van der Waals surface area contributed by atoms with E-state index in [4.69, 9.17) is 0 Å². The van der Waals surface area contributed by atoms with Gasteiger partial charge < -0.3 is 10.6 Å². The molecule has 0 radical (unpaired) electrons. The molecule has 148 valence electrons. The number of hydrogen-bond acceptors (Lipinski definition) is 3. The molecule has 1 aliphatic carbocycles. The van der Waals surface area contributed by atoms with Crippen LogP contribution in [0.3, 0.4) is 0 Å². The van der Waals surface area contributed by atoms with Crippen molar-refractivity contribution < 1.29 is 8.42 Å². The van der Waals surface area contributed by atoms with Crippen LogP contribution in [0.4, 0.5) is 0 Å². The molecule has 0 aliphatic heterocycles. The smallest absolute Gasteiger partial charge is 0.240 e. The topological polar surface area (TPSA) is 82.6 Å². The minimum atomic E-state index is -3.39. The van der Waals surface area contributed by atoms with Gasteiger partial charge in [-0.1, -0.05) is 31.9 Å². The third kappa shape index (κ3) is 6.09. The number of aliphatic imine (C=N–C) groups is 1. The van der Waals surface area contributed by atoms with Gasteiger partial charge in [0.1, 0.15) is 0 Å². The Morgan fingerprint density at radius 2 is 1.77 bits per heavy atom. The molecule has 1 aliphatic rings. The first-order valence-corrected chi connectivity index (χ1v) is 10.4. The second-order valence-electron chi connectivity index (χ2n) is 6.69. The molecule has 0 atom stereocenters. The second-order valence-corrected chi connectivity index (χ2v) is 8.58. The first-order chi connectivity index (χ1) is 11.9. The van der Waals surface area contributed by atoms with Crippen molar-refractivity contribution in [3.63, 3.8) is 0 Å². The summed E-state index contributed by atoms with van der Waals surface area (Å²) in [6.07, 6.45) is 6.41. The molecule has 1 saturated carbocycles. The van der Waals surface area contributed by atoms with E-state index in [1.165, 1.54) is 39.2 Å². The fourth-order valence-corrected chi connectivity index (χ4v) is 4.09. The van der Waals surface area contributed by atoms with Gasteiger partial charge in [0.2, 0.25) is 10.0 Å². The number of guanidine groups is 1. The molecule has 3 N–H and O–H groups in total. The molecular weight excluding hydrogens is 463 g/mol. The van der Waals surface area contributed by atoms with Crippen LogP contribution in [0, 0.1) is 5.41 Å². The number of benzene rings is 1. The number of rotatable bonds is 7. The van der Waals surface area contributed by atoms with Crippen LogP contribution in [0.1, 0.15) is 44.6 Å². The van der Waals surface area contributed by atoms with E-state index in [2.05, 4.69) is 27.3 Å². The SMILES string of the molecule is CCC1(CNC(=NC)NCc2ccc(S(=O)(=O)NC)cc2)CCCC1.I. The molecule has 1 fully saturated rings. The highest BCUT2D eigenvalue weighted by Gasteiger charge is 2.31. The van der Waals surface area contributed by atoms with Gasteiger partial charge >= 0.3 is 0 Å². The van der Waals surface area contributed by atoms with Crippen LogP contribution in [-0.4, -0.2) is 35.0 Å². The molecule has 0 heterocycles. The van der Waals surface area contributed by atoms with Gasteiger partial charge in [0, 0.05) is 20.1 Å². The summed E-state index contributed by atoms with van der Waals surface area (Å²) < 4.78 is 25.8. The molecule has 2 rings (SSSR count). The maximum absolute atomic E-state index is 11.7. The molecule has 6 nitrogen and oxygen atoms in total. The van der Waals surface area contributed by atoms with Crippen LogP contribution in [0.5, 0.6) is 0 Å². The summed E-state index contributed by atoms with van der Waals surface area (Å²) in [5, 5.41) is 6.75. The van der Waals surface area contributed by atoms with Crippen LogP contribution >= 0.6 is 24.0 Å². The molecular formula is C18H31IN4O2S. The van der Waals surface area contributed by atoms with Crippen molar-refractivity contribution in [2.24, 2.45) is 10.4 Å². The van der Waals surface area contributed by atoms with E-state index in [0.717, 1.165) is 18.1 Å². The first kappa shape index (κ1) is 23.2. The summed E-state index contributed by atoms with van der Waals surface area (Å²) in [6, 6.07) is 6.86. The molecule has 1 aromatic rings. The van der Waals surface area contributed by atoms with Crippen LogP contribution in [0.15, 0.2) is 34.2 Å². The molecule has 1 aromatic carbocycles. The Balaban J connectivity index is 0.00000338. The van der Waals surface area contributed by atoms with Gasteiger partial charge in [-0.2, -0.15) is 0 Å². The molecule has 8 heteroatoms. The van der Waals surface area contributed by atoms with Gasteiger partial charge in [0.25, 0.3) is 0 Å². The quantitative estimate of drug-likeness (QED) is 0.309. The fraction of sp³-hybridized carbons (Fsp3) is 0.611. The monoisotopic (exact) mass is 494 g/mol. The minimum Gasteiger partial charge on any atom is -0.356 e. The van der Waals surface area contributed by atoms with Crippen molar-refractivity contribution in [2.75, 3.05) is 20.6 Å². The third-order valence-electron chi connectivity index (χ3n) is 5.23. The van der Waals surface area contributed by atoms with Gasteiger partial charge in [-0.15, -0.1) is 24.0 Å². The molecule has 0 bridgehead atoms. The fourth-order valence-electron chi connectivity index (χ4n) is 3.36. The lowest BCUT2D eigenvalue weighted by Crippen LogP contribution is -2.42. The number of halogens is 1. The van der Waals surface area contributed by atoms with Crippen LogP contribution in [0.25, 0.3) is 0 Å². The Morgan fingerprint density at radius 3 is 2.27 bits per heavy atom. The number of hydrogen-bond donors (Lipinski definition) is 3. The van der Waals surface area contributed by atoms with Gasteiger partial charge in [0.15, 0.2) is 5.96 Å². The zero-order chi connectivity index (χ0) is 18.3. The predicted molar refractivity (Wildman–Crippen MR) is 117 cm³/mol. The number of nitrogens with one attached hydrogen (secondary N) is 3. The third-order valence-corrected chi connectivity index (χ3v) is 6.66. The summed E-state index contributed by atoms with van der Waals surface area (Å²) >= 11 is 0. The first-order valence-electron chi connectivity index (χ1n) is 8.92. The lowest BCUT2D eigenvalue weighted by molar-refractivity contribution is 0.283. The maximum atomic E-state index is 11.7. The van der Waals surface area contributed by atoms with Crippen molar-refractivity contribution in [3.05, 3.63) is 29.8 Å². The van der Waals surface area contributed by atoms with Crippen molar-refractivity contribution in [2.45, 2.75) is 50.5 Å². The molecule has 0 aromatic heterocycles. The summed E-state index contributed by atoms with van der Waals surface area (Å²) in [7, 11) is -0.206. The lowest BCUT2D eigenvalue weighted by Gasteiger charge is -2.28. The molecule has 0 spiro atoms. The lowest BCUT2D eigenvalue weighted by atomic mass is 9.83. The van der Waals surface area contributed by atoms with Crippen molar-refractivity contribution in [3.8, 4) is 0 Å². The van der Waals surface area contributed by atoms with Crippen molar-refractivity contribution in [1.82, 2.24) is 15.4 Å². The average molecular weight is 494 g/mol. The van der Waals surface area contributed by atoms with Gasteiger partial charge in [-0.05, 0) is 49.4 Å². The highest BCUT2D eigenvalue weighted by molar-refractivity contribution is 14.0. The van der Waals surface area contributed by atoms with Gasteiger partial charge in [0.05, 0.1) is 4.90 Å². The summed E-state index contributed by atoms with van der Waals surface area (Å²) in [5.41, 5.74) is 1.41. The largest absolute Gasteiger partial charge is 0.356 e. The normalized spacial score (nSPS) is 16.8. The molecule has 0 saturated heterocycles. The maximum Gasteiger partial charge on any atom is 0.240 e. The van der Waals surface area contributed by atoms with E-state index < -0.39 is 10.0 Å². The highest BCUT2D eigenvalue weighted by atomic mass is 127. The number of sulfonamides is 1. The van der Waals surface area contributed by atoms with E-state index in [9.17, 15) is 8.42 Å². The predicted octanol–water partition coefficient (Wildman–Crippen LogP) is 2.85. The summed E-state index contributed by atoms with van der Waals surface area (Å²) in [5.74, 6) is 0.784. The van der Waals surface area contributed by atoms with Crippen LogP contribution < -0.4 is 15.4 Å².